The van der Waals surface area contributed by atoms with Crippen LogP contribution in [0, 0.1) is 0 Å². The minimum Gasteiger partial charge on any atom is -0.440 e. The molecule has 0 spiro atoms. The van der Waals surface area contributed by atoms with Crippen molar-refractivity contribution in [1.82, 2.24) is 15.2 Å². The van der Waals surface area contributed by atoms with Crippen LogP contribution in [0.5, 0.6) is 0 Å². The summed E-state index contributed by atoms with van der Waals surface area (Å²) in [4.78, 5) is 19.1. The van der Waals surface area contributed by atoms with Gasteiger partial charge in [0, 0.05) is 36.6 Å². The van der Waals surface area contributed by atoms with E-state index >= 15 is 0 Å². The number of aromatic nitrogens is 1. The van der Waals surface area contributed by atoms with Crippen LogP contribution in [-0.2, 0) is 6.42 Å². The van der Waals surface area contributed by atoms with E-state index < -0.39 is 0 Å². The second kappa shape index (κ2) is 8.95. The molecule has 1 aromatic heterocycles. The second-order valence-corrected chi connectivity index (χ2v) is 7.89. The predicted molar refractivity (Wildman–Crippen MR) is 112 cm³/mol. The highest BCUT2D eigenvalue weighted by Crippen LogP contribution is 2.20. The van der Waals surface area contributed by atoms with Gasteiger partial charge in [-0.1, -0.05) is 23.7 Å². The Bertz CT molecular complexity index is 1000. The molecule has 0 radical (unpaired) electrons. The predicted octanol–water partition coefficient (Wildman–Crippen LogP) is 3.26. The minimum atomic E-state index is -0.255. The zero-order chi connectivity index (χ0) is 20.2. The third-order valence-corrected chi connectivity index (χ3v) is 5.37. The Labute approximate surface area is 174 Å². The van der Waals surface area contributed by atoms with E-state index in [1.807, 2.05) is 24.3 Å². The largest absolute Gasteiger partial charge is 0.440 e. The average Bonchev–Trinajstić information content (AvgIpc) is 3.09. The summed E-state index contributed by atoms with van der Waals surface area (Å²) >= 11 is 6.03. The van der Waals surface area contributed by atoms with Crippen LogP contribution in [0.25, 0.3) is 11.1 Å². The molecule has 2 N–H and O–H groups in total. The number of fused-ring (bicyclic) bond motifs is 1. The van der Waals surface area contributed by atoms with Gasteiger partial charge in [-0.2, -0.15) is 0 Å². The summed E-state index contributed by atoms with van der Waals surface area (Å²) in [7, 11) is 0. The molecule has 2 aromatic carbocycles. The van der Waals surface area contributed by atoms with Gasteiger partial charge >= 0.3 is 0 Å². The number of hydrogen-bond acceptors (Lipinski definition) is 5. The van der Waals surface area contributed by atoms with Gasteiger partial charge in [-0.05, 0) is 55.3 Å². The first kappa shape index (κ1) is 19.9. The first-order valence-corrected chi connectivity index (χ1v) is 10.3. The Hall–Kier alpha value is -2.41. The molecular formula is C22H24ClN3O3. The molecule has 6 nitrogen and oxygen atoms in total. The smallest absolute Gasteiger partial charge is 0.251 e. The number of carbonyl (C=O) groups excluding carboxylic acids is 1. The molecule has 7 heteroatoms. The normalized spacial score (nSPS) is 17.5. The summed E-state index contributed by atoms with van der Waals surface area (Å²) in [5.74, 6) is 0.445. The highest BCUT2D eigenvalue weighted by molar-refractivity contribution is 6.30. The molecule has 1 aliphatic heterocycles. The van der Waals surface area contributed by atoms with Gasteiger partial charge in [0.05, 0.1) is 6.10 Å². The number of likely N-dealkylation sites (tertiary alicyclic amines) is 1. The fourth-order valence-electron chi connectivity index (χ4n) is 3.67. The molecule has 2 heterocycles. The fraction of sp³-hybridized carbons (Fsp3) is 0.364. The number of halogens is 1. The molecule has 1 fully saturated rings. The van der Waals surface area contributed by atoms with E-state index in [9.17, 15) is 9.90 Å². The third kappa shape index (κ3) is 5.15. The average molecular weight is 414 g/mol. The summed E-state index contributed by atoms with van der Waals surface area (Å²) < 4.78 is 5.84. The standard InChI is InChI=1S/C22H24ClN3O3/c23-17-4-1-3-15(11-17)12-21-25-19-7-6-16(13-20(19)29-21)22(28)24-8-10-26-9-2-5-18(27)14-26/h1,3-4,6-7,11,13,18,27H,2,5,8-10,12,14H2,(H,24,28)/t18-/m1/s1. The summed E-state index contributed by atoms with van der Waals surface area (Å²) in [5, 5.41) is 13.3. The van der Waals surface area contributed by atoms with Crippen molar-refractivity contribution in [3.8, 4) is 0 Å². The minimum absolute atomic E-state index is 0.141. The lowest BCUT2D eigenvalue weighted by molar-refractivity contribution is 0.0703. The summed E-state index contributed by atoms with van der Waals surface area (Å²) in [5.41, 5.74) is 2.88. The SMILES string of the molecule is O=C(NCCN1CCC[C@@H](O)C1)c1ccc2nc(Cc3cccc(Cl)c3)oc2c1. The summed E-state index contributed by atoms with van der Waals surface area (Å²) in [6.45, 7) is 2.92. The molecule has 1 amide bonds. The van der Waals surface area contributed by atoms with Gasteiger partial charge in [-0.15, -0.1) is 0 Å². The van der Waals surface area contributed by atoms with Crippen molar-refractivity contribution in [2.45, 2.75) is 25.4 Å². The lowest BCUT2D eigenvalue weighted by atomic mass is 10.1. The van der Waals surface area contributed by atoms with E-state index in [0.29, 0.717) is 41.6 Å². The molecule has 0 unspecified atom stereocenters. The number of nitrogens with zero attached hydrogens (tertiary/aromatic N) is 2. The quantitative estimate of drug-likeness (QED) is 0.648. The molecule has 1 atom stereocenters. The van der Waals surface area contributed by atoms with Crippen molar-refractivity contribution in [2.24, 2.45) is 0 Å². The van der Waals surface area contributed by atoms with Crippen LogP contribution in [0.2, 0.25) is 5.02 Å². The first-order chi connectivity index (χ1) is 14.1. The van der Waals surface area contributed by atoms with Gasteiger partial charge < -0.3 is 14.8 Å². The Morgan fingerprint density at radius 2 is 2.21 bits per heavy atom. The van der Waals surface area contributed by atoms with Crippen LogP contribution in [0.3, 0.4) is 0 Å². The molecule has 0 bridgehead atoms. The number of β-amino-alcohol motifs (C(OH)–C–C–N with tert-alkyl or cyclic N) is 1. The molecule has 29 heavy (non-hydrogen) atoms. The van der Waals surface area contributed by atoms with Gasteiger partial charge in [0.2, 0.25) is 0 Å². The van der Waals surface area contributed by atoms with Crippen LogP contribution < -0.4 is 5.32 Å². The molecule has 0 aliphatic carbocycles. The van der Waals surface area contributed by atoms with Crippen LogP contribution in [0.15, 0.2) is 46.9 Å². The van der Waals surface area contributed by atoms with Crippen LogP contribution in [0.1, 0.15) is 34.7 Å². The zero-order valence-corrected chi connectivity index (χ0v) is 16.9. The fourth-order valence-corrected chi connectivity index (χ4v) is 3.89. The number of rotatable bonds is 6. The molecule has 3 aromatic rings. The van der Waals surface area contributed by atoms with Crippen molar-refractivity contribution >= 4 is 28.6 Å². The van der Waals surface area contributed by atoms with Crippen molar-refractivity contribution in [1.29, 1.82) is 0 Å². The number of oxazole rings is 1. The topological polar surface area (TPSA) is 78.6 Å². The maximum Gasteiger partial charge on any atom is 0.251 e. The maximum absolute atomic E-state index is 12.5. The highest BCUT2D eigenvalue weighted by atomic mass is 35.5. The number of hydrogen-bond donors (Lipinski definition) is 2. The third-order valence-electron chi connectivity index (χ3n) is 5.13. The number of nitrogens with one attached hydrogen (secondary N) is 1. The highest BCUT2D eigenvalue weighted by Gasteiger charge is 2.17. The molecule has 152 valence electrons. The molecule has 1 saturated heterocycles. The van der Waals surface area contributed by atoms with E-state index in [-0.39, 0.29) is 12.0 Å². The van der Waals surface area contributed by atoms with Gasteiger partial charge in [-0.3, -0.25) is 9.69 Å². The van der Waals surface area contributed by atoms with Gasteiger partial charge in [0.15, 0.2) is 11.5 Å². The van der Waals surface area contributed by atoms with E-state index in [0.717, 1.165) is 37.0 Å². The van der Waals surface area contributed by atoms with E-state index in [1.54, 1.807) is 18.2 Å². The van der Waals surface area contributed by atoms with Crippen molar-refractivity contribution in [2.75, 3.05) is 26.2 Å². The van der Waals surface area contributed by atoms with E-state index in [2.05, 4.69) is 15.2 Å². The second-order valence-electron chi connectivity index (χ2n) is 7.45. The molecular weight excluding hydrogens is 390 g/mol. The Morgan fingerprint density at radius 3 is 3.03 bits per heavy atom. The lowest BCUT2D eigenvalue weighted by Crippen LogP contribution is -2.42. The summed E-state index contributed by atoms with van der Waals surface area (Å²) in [6, 6.07) is 12.9. The summed E-state index contributed by atoms with van der Waals surface area (Å²) in [6.07, 6.45) is 2.14. The Morgan fingerprint density at radius 1 is 1.31 bits per heavy atom. The number of benzene rings is 2. The van der Waals surface area contributed by atoms with E-state index in [4.69, 9.17) is 16.0 Å². The van der Waals surface area contributed by atoms with Crippen LogP contribution in [0.4, 0.5) is 0 Å². The van der Waals surface area contributed by atoms with Gasteiger partial charge in [0.25, 0.3) is 5.91 Å². The number of aliphatic hydroxyl groups is 1. The first-order valence-electron chi connectivity index (χ1n) is 9.89. The van der Waals surface area contributed by atoms with Crippen molar-refractivity contribution < 1.29 is 14.3 Å². The van der Waals surface area contributed by atoms with Gasteiger partial charge in [0.1, 0.15) is 5.52 Å². The monoisotopic (exact) mass is 413 g/mol. The number of aliphatic hydroxyl groups excluding tert-OH is 1. The molecule has 4 rings (SSSR count). The number of carbonyl (C=O) groups is 1. The Balaban J connectivity index is 1.37. The maximum atomic E-state index is 12.5. The van der Waals surface area contributed by atoms with Crippen molar-refractivity contribution in [3.63, 3.8) is 0 Å². The Kier molecular flexibility index (Phi) is 6.13. The molecule has 0 saturated carbocycles. The number of piperidine rings is 1. The van der Waals surface area contributed by atoms with Crippen LogP contribution >= 0.6 is 11.6 Å². The molecule has 1 aliphatic rings. The van der Waals surface area contributed by atoms with E-state index in [1.165, 1.54) is 0 Å². The lowest BCUT2D eigenvalue weighted by Gasteiger charge is -2.29. The van der Waals surface area contributed by atoms with Crippen LogP contribution in [-0.4, -0.2) is 53.2 Å². The van der Waals surface area contributed by atoms with Gasteiger partial charge in [-0.25, -0.2) is 4.98 Å². The van der Waals surface area contributed by atoms with Crippen molar-refractivity contribution in [3.05, 3.63) is 64.5 Å². The zero-order valence-electron chi connectivity index (χ0n) is 16.1. The number of amides is 1.